The summed E-state index contributed by atoms with van der Waals surface area (Å²) in [5.41, 5.74) is 1.60. The number of piperidine rings is 1. The Labute approximate surface area is 135 Å². The molecule has 0 spiro atoms. The largest absolute Gasteiger partial charge is 0.317 e. The molecule has 2 nitrogen and oxygen atoms in total. The van der Waals surface area contributed by atoms with Crippen LogP contribution in [0.15, 0.2) is 30.3 Å². The third-order valence-electron chi connectivity index (χ3n) is 6.42. The smallest absolute Gasteiger partial charge is 0.0120 e. The van der Waals surface area contributed by atoms with Gasteiger partial charge in [0, 0.05) is 19.1 Å². The maximum atomic E-state index is 3.49. The summed E-state index contributed by atoms with van der Waals surface area (Å²) in [6, 6.07) is 12.2. The third-order valence-corrected chi connectivity index (χ3v) is 6.42. The predicted octanol–water partition coefficient (Wildman–Crippen LogP) is 3.64. The first-order chi connectivity index (χ1) is 10.9. The van der Waals surface area contributed by atoms with Crippen molar-refractivity contribution < 1.29 is 0 Å². The summed E-state index contributed by atoms with van der Waals surface area (Å²) < 4.78 is 0. The van der Waals surface area contributed by atoms with Gasteiger partial charge in [0.25, 0.3) is 0 Å². The number of hydrogen-bond donors (Lipinski definition) is 1. The van der Waals surface area contributed by atoms with Crippen LogP contribution in [0.1, 0.15) is 50.0 Å². The first kappa shape index (κ1) is 14.7. The lowest BCUT2D eigenvalue weighted by molar-refractivity contribution is -0.00718. The zero-order chi connectivity index (χ0) is 14.8. The van der Waals surface area contributed by atoms with Gasteiger partial charge in [0.2, 0.25) is 0 Å². The lowest BCUT2D eigenvalue weighted by Gasteiger charge is -2.51. The second-order valence-corrected chi connectivity index (χ2v) is 7.66. The molecule has 1 unspecified atom stereocenters. The second-order valence-electron chi connectivity index (χ2n) is 7.66. The fourth-order valence-electron chi connectivity index (χ4n) is 5.13. The number of nitrogens with one attached hydrogen (secondary N) is 1. The van der Waals surface area contributed by atoms with E-state index in [2.05, 4.69) is 40.5 Å². The lowest BCUT2D eigenvalue weighted by atomic mass is 9.67. The van der Waals surface area contributed by atoms with Crippen LogP contribution >= 0.6 is 0 Å². The van der Waals surface area contributed by atoms with E-state index in [9.17, 15) is 0 Å². The molecule has 0 aromatic heterocycles. The van der Waals surface area contributed by atoms with E-state index in [1.165, 1.54) is 64.7 Å². The normalized spacial score (nSPS) is 31.8. The lowest BCUT2D eigenvalue weighted by Crippen LogP contribution is -2.57. The first-order valence-electron chi connectivity index (χ1n) is 9.41. The zero-order valence-corrected chi connectivity index (χ0v) is 13.7. The van der Waals surface area contributed by atoms with Crippen molar-refractivity contribution in [3.05, 3.63) is 35.9 Å². The van der Waals surface area contributed by atoms with Crippen molar-refractivity contribution in [2.75, 3.05) is 26.2 Å². The van der Waals surface area contributed by atoms with E-state index < -0.39 is 0 Å². The van der Waals surface area contributed by atoms with Gasteiger partial charge in [0.05, 0.1) is 0 Å². The van der Waals surface area contributed by atoms with E-state index in [0.29, 0.717) is 0 Å². The summed E-state index contributed by atoms with van der Waals surface area (Å²) in [6.07, 6.45) is 8.49. The number of hydrogen-bond acceptors (Lipinski definition) is 2. The second kappa shape index (κ2) is 6.72. The molecule has 1 aromatic carbocycles. The summed E-state index contributed by atoms with van der Waals surface area (Å²) >= 11 is 0. The SMILES string of the molecule is c1ccc([C@@H]2CCCCC2C2CN(C3CCNCC3)C2)cc1. The molecule has 1 aliphatic carbocycles. The summed E-state index contributed by atoms with van der Waals surface area (Å²) in [4.78, 5) is 2.78. The molecule has 4 rings (SSSR count). The van der Waals surface area contributed by atoms with Crippen molar-refractivity contribution >= 4 is 0 Å². The Morgan fingerprint density at radius 3 is 2.36 bits per heavy atom. The molecule has 0 bridgehead atoms. The molecule has 2 heteroatoms. The maximum Gasteiger partial charge on any atom is 0.0120 e. The molecule has 1 N–H and O–H groups in total. The summed E-state index contributed by atoms with van der Waals surface area (Å²) in [5.74, 6) is 2.73. The van der Waals surface area contributed by atoms with E-state index in [1.54, 1.807) is 5.56 Å². The average molecular weight is 298 g/mol. The minimum atomic E-state index is 0.829. The molecule has 2 heterocycles. The van der Waals surface area contributed by atoms with Crippen molar-refractivity contribution in [1.29, 1.82) is 0 Å². The van der Waals surface area contributed by atoms with Gasteiger partial charge in [-0.1, -0.05) is 43.2 Å². The van der Waals surface area contributed by atoms with Crippen LogP contribution in [0.2, 0.25) is 0 Å². The van der Waals surface area contributed by atoms with Crippen LogP contribution in [0.25, 0.3) is 0 Å². The zero-order valence-electron chi connectivity index (χ0n) is 13.7. The minimum Gasteiger partial charge on any atom is -0.317 e. The molecule has 2 aliphatic heterocycles. The van der Waals surface area contributed by atoms with Gasteiger partial charge in [-0.05, 0) is 62.1 Å². The highest BCUT2D eigenvalue weighted by molar-refractivity contribution is 5.21. The molecule has 3 fully saturated rings. The van der Waals surface area contributed by atoms with Crippen LogP contribution in [-0.2, 0) is 0 Å². The van der Waals surface area contributed by atoms with Crippen LogP contribution in [0.5, 0.6) is 0 Å². The molecule has 2 saturated heterocycles. The molecular weight excluding hydrogens is 268 g/mol. The van der Waals surface area contributed by atoms with Crippen molar-refractivity contribution in [2.45, 2.75) is 50.5 Å². The van der Waals surface area contributed by atoms with Crippen molar-refractivity contribution in [1.82, 2.24) is 10.2 Å². The van der Waals surface area contributed by atoms with Crippen LogP contribution in [-0.4, -0.2) is 37.1 Å². The van der Waals surface area contributed by atoms with Gasteiger partial charge < -0.3 is 5.32 Å². The van der Waals surface area contributed by atoms with Crippen LogP contribution in [0.4, 0.5) is 0 Å². The Bertz CT molecular complexity index is 460. The average Bonchev–Trinajstić information content (AvgIpc) is 2.56. The fraction of sp³-hybridized carbons (Fsp3) is 0.700. The Morgan fingerprint density at radius 1 is 0.864 bits per heavy atom. The van der Waals surface area contributed by atoms with Gasteiger partial charge in [-0.2, -0.15) is 0 Å². The van der Waals surface area contributed by atoms with Gasteiger partial charge in [0.15, 0.2) is 0 Å². The number of likely N-dealkylation sites (tertiary alicyclic amines) is 1. The topological polar surface area (TPSA) is 15.3 Å². The predicted molar refractivity (Wildman–Crippen MR) is 92.1 cm³/mol. The van der Waals surface area contributed by atoms with E-state index >= 15 is 0 Å². The first-order valence-corrected chi connectivity index (χ1v) is 9.41. The van der Waals surface area contributed by atoms with Crippen LogP contribution in [0, 0.1) is 11.8 Å². The molecule has 0 radical (unpaired) electrons. The number of nitrogens with zero attached hydrogens (tertiary/aromatic N) is 1. The summed E-state index contributed by atoms with van der Waals surface area (Å²) in [6.45, 7) is 5.20. The molecular formula is C20H30N2. The summed E-state index contributed by atoms with van der Waals surface area (Å²) in [7, 11) is 0. The Hall–Kier alpha value is -0.860. The quantitative estimate of drug-likeness (QED) is 0.916. The van der Waals surface area contributed by atoms with Crippen LogP contribution < -0.4 is 5.32 Å². The highest BCUT2D eigenvalue weighted by Gasteiger charge is 2.41. The van der Waals surface area contributed by atoms with Crippen molar-refractivity contribution in [3.8, 4) is 0 Å². The highest BCUT2D eigenvalue weighted by Crippen LogP contribution is 2.45. The van der Waals surface area contributed by atoms with Crippen LogP contribution in [0.3, 0.4) is 0 Å². The van der Waals surface area contributed by atoms with E-state index in [0.717, 1.165) is 23.8 Å². The van der Waals surface area contributed by atoms with Crippen molar-refractivity contribution in [2.24, 2.45) is 11.8 Å². The minimum absolute atomic E-state index is 0.829. The number of rotatable bonds is 3. The summed E-state index contributed by atoms with van der Waals surface area (Å²) in [5, 5.41) is 3.49. The molecule has 1 saturated carbocycles. The molecule has 0 amide bonds. The molecule has 22 heavy (non-hydrogen) atoms. The van der Waals surface area contributed by atoms with E-state index in [-0.39, 0.29) is 0 Å². The van der Waals surface area contributed by atoms with Gasteiger partial charge >= 0.3 is 0 Å². The monoisotopic (exact) mass is 298 g/mol. The van der Waals surface area contributed by atoms with Gasteiger partial charge in [-0.3, -0.25) is 4.90 Å². The standard InChI is InChI=1S/C20H30N2/c1-2-6-16(7-3-1)19-8-4-5-9-20(19)17-14-22(15-17)18-10-12-21-13-11-18/h1-3,6-7,17-21H,4-5,8-15H2/t19-,20?/m0/s1. The Kier molecular flexibility index (Phi) is 4.49. The molecule has 120 valence electrons. The molecule has 3 aliphatic rings. The highest BCUT2D eigenvalue weighted by atomic mass is 15.2. The fourth-order valence-corrected chi connectivity index (χ4v) is 5.13. The molecule has 2 atom stereocenters. The van der Waals surface area contributed by atoms with Gasteiger partial charge in [-0.15, -0.1) is 0 Å². The van der Waals surface area contributed by atoms with E-state index in [1.807, 2.05) is 0 Å². The molecule has 1 aromatic rings. The van der Waals surface area contributed by atoms with Gasteiger partial charge in [0.1, 0.15) is 0 Å². The number of benzene rings is 1. The van der Waals surface area contributed by atoms with E-state index in [4.69, 9.17) is 0 Å². The van der Waals surface area contributed by atoms with Gasteiger partial charge in [-0.25, -0.2) is 0 Å². The van der Waals surface area contributed by atoms with Crippen molar-refractivity contribution in [3.63, 3.8) is 0 Å². The maximum absolute atomic E-state index is 3.49. The Morgan fingerprint density at radius 2 is 1.59 bits per heavy atom. The Balaban J connectivity index is 1.39. The third kappa shape index (κ3) is 2.96.